The fraction of sp³-hybridized carbons (Fsp3) is 0.545. The van der Waals surface area contributed by atoms with Crippen molar-refractivity contribution in [2.45, 2.75) is 6.04 Å². The van der Waals surface area contributed by atoms with Gasteiger partial charge in [0.1, 0.15) is 5.76 Å². The monoisotopic (exact) mass is 261 g/mol. The van der Waals surface area contributed by atoms with Crippen LogP contribution in [0.5, 0.6) is 0 Å². The summed E-state index contributed by atoms with van der Waals surface area (Å²) in [7, 11) is 5.66. The molecule has 1 amide bonds. The number of carbonyl (C=O) groups is 1. The zero-order valence-corrected chi connectivity index (χ0v) is 11.2. The maximum atomic E-state index is 11.3. The maximum Gasteiger partial charge on any atom is 0.234 e. The highest BCUT2D eigenvalue weighted by molar-refractivity contribution is 5.85. The first kappa shape index (κ1) is 16.0. The zero-order valence-electron chi connectivity index (χ0n) is 10.4. The molecule has 0 radical (unpaired) electrons. The van der Waals surface area contributed by atoms with Crippen LogP contribution in [0.2, 0.25) is 0 Å². The minimum absolute atomic E-state index is 0. The molecule has 0 aliphatic heterocycles. The second kappa shape index (κ2) is 8.11. The lowest BCUT2D eigenvalue weighted by molar-refractivity contribution is -0.120. The smallest absolute Gasteiger partial charge is 0.234 e. The predicted molar refractivity (Wildman–Crippen MR) is 69.3 cm³/mol. The summed E-state index contributed by atoms with van der Waals surface area (Å²) in [6.07, 6.45) is 1.64. The van der Waals surface area contributed by atoms with Crippen molar-refractivity contribution in [3.05, 3.63) is 24.2 Å². The summed E-state index contributed by atoms with van der Waals surface area (Å²) in [6.45, 7) is 0.874. The topological polar surface area (TPSA) is 57.5 Å². The van der Waals surface area contributed by atoms with Crippen molar-refractivity contribution in [1.29, 1.82) is 0 Å². The lowest BCUT2D eigenvalue weighted by Crippen LogP contribution is -2.38. The summed E-state index contributed by atoms with van der Waals surface area (Å²) in [5.74, 6) is 0.843. The van der Waals surface area contributed by atoms with Crippen LogP contribution in [0.1, 0.15) is 11.8 Å². The zero-order chi connectivity index (χ0) is 12.0. The third kappa shape index (κ3) is 5.21. The van der Waals surface area contributed by atoms with Gasteiger partial charge in [-0.2, -0.15) is 0 Å². The summed E-state index contributed by atoms with van der Waals surface area (Å²) < 4.78 is 5.34. The Hall–Kier alpha value is -1.04. The Bertz CT molecular complexity index is 315. The van der Waals surface area contributed by atoms with Crippen LogP contribution in [0, 0.1) is 0 Å². The summed E-state index contributed by atoms with van der Waals surface area (Å²) in [6, 6.07) is 3.83. The molecule has 1 rings (SSSR count). The molecule has 2 N–H and O–H groups in total. The highest BCUT2D eigenvalue weighted by Gasteiger charge is 2.17. The standard InChI is InChI=1S/C11H19N3O2.ClH/c1-12-8-11(15)13-7-9(14(2)3)10-5-4-6-16-10;/h4-6,9,12H,7-8H2,1-3H3,(H,13,15);1H. The van der Waals surface area contributed by atoms with Gasteiger partial charge in [0.15, 0.2) is 0 Å². The van der Waals surface area contributed by atoms with Crippen LogP contribution in [0.4, 0.5) is 0 Å². The van der Waals surface area contributed by atoms with Crippen molar-refractivity contribution < 1.29 is 9.21 Å². The van der Waals surface area contributed by atoms with Crippen LogP contribution in [-0.4, -0.2) is 45.0 Å². The number of amides is 1. The van der Waals surface area contributed by atoms with Crippen molar-refractivity contribution in [1.82, 2.24) is 15.5 Å². The molecule has 0 spiro atoms. The molecule has 0 aliphatic carbocycles. The Morgan fingerprint density at radius 3 is 2.71 bits per heavy atom. The highest BCUT2D eigenvalue weighted by atomic mass is 35.5. The van der Waals surface area contributed by atoms with Gasteiger partial charge in [0.2, 0.25) is 5.91 Å². The van der Waals surface area contributed by atoms with E-state index in [9.17, 15) is 4.79 Å². The molecular weight excluding hydrogens is 242 g/mol. The van der Waals surface area contributed by atoms with E-state index in [0.717, 1.165) is 5.76 Å². The van der Waals surface area contributed by atoms with Gasteiger partial charge in [0.25, 0.3) is 0 Å². The van der Waals surface area contributed by atoms with Gasteiger partial charge in [-0.25, -0.2) is 0 Å². The van der Waals surface area contributed by atoms with Gasteiger partial charge in [0.05, 0.1) is 18.8 Å². The first-order chi connectivity index (χ1) is 7.65. The molecule has 0 bridgehead atoms. The van der Waals surface area contributed by atoms with Crippen molar-refractivity contribution in [2.24, 2.45) is 0 Å². The number of nitrogens with zero attached hydrogens (tertiary/aromatic N) is 1. The SMILES string of the molecule is CNCC(=O)NCC(c1ccco1)N(C)C.Cl. The van der Waals surface area contributed by atoms with Gasteiger partial charge in [-0.15, -0.1) is 12.4 Å². The average molecular weight is 262 g/mol. The molecule has 0 aliphatic rings. The number of nitrogens with one attached hydrogen (secondary N) is 2. The van der Waals surface area contributed by atoms with Crippen molar-refractivity contribution in [2.75, 3.05) is 34.2 Å². The van der Waals surface area contributed by atoms with Crippen LogP contribution in [0.3, 0.4) is 0 Å². The molecule has 17 heavy (non-hydrogen) atoms. The van der Waals surface area contributed by atoms with Crippen LogP contribution in [0.15, 0.2) is 22.8 Å². The van der Waals surface area contributed by atoms with E-state index >= 15 is 0 Å². The molecule has 0 aromatic carbocycles. The summed E-state index contributed by atoms with van der Waals surface area (Å²) in [5, 5.41) is 5.66. The molecule has 1 aromatic rings. The number of rotatable bonds is 6. The molecule has 5 nitrogen and oxygen atoms in total. The molecule has 0 saturated carbocycles. The largest absolute Gasteiger partial charge is 0.468 e. The van der Waals surface area contributed by atoms with E-state index in [4.69, 9.17) is 4.42 Å². The fourth-order valence-corrected chi connectivity index (χ4v) is 1.45. The van der Waals surface area contributed by atoms with Gasteiger partial charge in [-0.3, -0.25) is 9.69 Å². The average Bonchev–Trinajstić information content (AvgIpc) is 2.71. The Kier molecular flexibility index (Phi) is 7.61. The van der Waals surface area contributed by atoms with Crippen LogP contribution in [0.25, 0.3) is 0 Å². The van der Waals surface area contributed by atoms with E-state index in [1.54, 1.807) is 13.3 Å². The summed E-state index contributed by atoms with van der Waals surface area (Å²) in [5.41, 5.74) is 0. The Morgan fingerprint density at radius 1 is 1.53 bits per heavy atom. The van der Waals surface area contributed by atoms with Crippen molar-refractivity contribution in [3.63, 3.8) is 0 Å². The Balaban J connectivity index is 0.00000256. The van der Waals surface area contributed by atoms with E-state index in [0.29, 0.717) is 13.1 Å². The number of hydrogen-bond acceptors (Lipinski definition) is 4. The number of furan rings is 1. The molecule has 6 heteroatoms. The van der Waals surface area contributed by atoms with Gasteiger partial charge >= 0.3 is 0 Å². The quantitative estimate of drug-likeness (QED) is 0.789. The van der Waals surface area contributed by atoms with E-state index in [-0.39, 0.29) is 24.4 Å². The minimum Gasteiger partial charge on any atom is -0.468 e. The first-order valence-electron chi connectivity index (χ1n) is 5.26. The normalized spacial score (nSPS) is 12.0. The fourth-order valence-electron chi connectivity index (χ4n) is 1.45. The lowest BCUT2D eigenvalue weighted by atomic mass is 10.2. The minimum atomic E-state index is -0.0130. The lowest BCUT2D eigenvalue weighted by Gasteiger charge is -2.22. The van der Waals surface area contributed by atoms with Gasteiger partial charge in [-0.1, -0.05) is 0 Å². The second-order valence-corrected chi connectivity index (χ2v) is 3.83. The van der Waals surface area contributed by atoms with Gasteiger partial charge < -0.3 is 15.1 Å². The molecule has 0 saturated heterocycles. The van der Waals surface area contributed by atoms with Crippen molar-refractivity contribution in [3.8, 4) is 0 Å². The van der Waals surface area contributed by atoms with E-state index < -0.39 is 0 Å². The van der Waals surface area contributed by atoms with Crippen LogP contribution in [-0.2, 0) is 4.79 Å². The van der Waals surface area contributed by atoms with Gasteiger partial charge in [-0.05, 0) is 33.3 Å². The molecule has 1 unspecified atom stereocenters. The Morgan fingerprint density at radius 2 is 2.24 bits per heavy atom. The second-order valence-electron chi connectivity index (χ2n) is 3.83. The first-order valence-corrected chi connectivity index (χ1v) is 5.26. The molecule has 0 fully saturated rings. The third-order valence-corrected chi connectivity index (χ3v) is 2.32. The van der Waals surface area contributed by atoms with E-state index in [2.05, 4.69) is 10.6 Å². The highest BCUT2D eigenvalue weighted by Crippen LogP contribution is 2.17. The van der Waals surface area contributed by atoms with E-state index in [1.807, 2.05) is 31.1 Å². The van der Waals surface area contributed by atoms with E-state index in [1.165, 1.54) is 0 Å². The summed E-state index contributed by atoms with van der Waals surface area (Å²) in [4.78, 5) is 13.3. The van der Waals surface area contributed by atoms with Crippen LogP contribution < -0.4 is 10.6 Å². The number of carbonyl (C=O) groups excluding carboxylic acids is 1. The molecule has 1 heterocycles. The molecule has 1 aromatic heterocycles. The summed E-state index contributed by atoms with van der Waals surface area (Å²) >= 11 is 0. The molecular formula is C11H20ClN3O2. The van der Waals surface area contributed by atoms with Gasteiger partial charge in [0, 0.05) is 6.54 Å². The molecule has 1 atom stereocenters. The van der Waals surface area contributed by atoms with Crippen LogP contribution >= 0.6 is 12.4 Å². The molecule has 98 valence electrons. The number of likely N-dealkylation sites (N-methyl/N-ethyl adjacent to an activating group) is 2. The predicted octanol–water partition coefficient (Wildman–Crippen LogP) is 0.640. The maximum absolute atomic E-state index is 11.3. The third-order valence-electron chi connectivity index (χ3n) is 2.32. The van der Waals surface area contributed by atoms with Crippen molar-refractivity contribution >= 4 is 18.3 Å². The number of halogens is 1. The number of hydrogen-bond donors (Lipinski definition) is 2. The Labute approximate surface area is 108 Å².